The third kappa shape index (κ3) is 4.40. The first-order valence-electron chi connectivity index (χ1n) is 10.2. The van der Waals surface area contributed by atoms with Gasteiger partial charge in [0.2, 0.25) is 5.91 Å². The first-order chi connectivity index (χ1) is 13.8. The molecule has 1 aliphatic heterocycles. The predicted octanol–water partition coefficient (Wildman–Crippen LogP) is 4.79. The molecule has 2 aromatic carbocycles. The zero-order valence-electron chi connectivity index (χ0n) is 18.3. The number of nitrogens with zero attached hydrogens (tertiary/aromatic N) is 1. The molecule has 5 nitrogen and oxygen atoms in total. The molecule has 5 heteroatoms. The second kappa shape index (κ2) is 8.87. The van der Waals surface area contributed by atoms with Crippen molar-refractivity contribution in [3.8, 4) is 11.5 Å². The van der Waals surface area contributed by atoms with E-state index < -0.39 is 0 Å². The summed E-state index contributed by atoms with van der Waals surface area (Å²) in [6.45, 7) is 9.04. The van der Waals surface area contributed by atoms with E-state index in [0.29, 0.717) is 0 Å². The van der Waals surface area contributed by atoms with E-state index in [2.05, 4.69) is 35.3 Å². The van der Waals surface area contributed by atoms with E-state index in [9.17, 15) is 4.79 Å². The zero-order valence-corrected chi connectivity index (χ0v) is 18.3. The predicted molar refractivity (Wildman–Crippen MR) is 117 cm³/mol. The molecule has 2 atom stereocenters. The summed E-state index contributed by atoms with van der Waals surface area (Å²) in [5, 5.41) is 3.17. The van der Waals surface area contributed by atoms with Crippen molar-refractivity contribution in [1.82, 2.24) is 4.90 Å². The van der Waals surface area contributed by atoms with Crippen molar-refractivity contribution >= 4 is 11.6 Å². The molecule has 1 N–H and O–H groups in total. The number of amides is 1. The van der Waals surface area contributed by atoms with Crippen molar-refractivity contribution in [3.05, 3.63) is 52.6 Å². The van der Waals surface area contributed by atoms with E-state index in [1.54, 1.807) is 14.2 Å². The van der Waals surface area contributed by atoms with Gasteiger partial charge in [0.15, 0.2) is 0 Å². The molecule has 0 unspecified atom stereocenters. The Morgan fingerprint density at radius 2 is 1.79 bits per heavy atom. The maximum Gasteiger partial charge on any atom is 0.241 e. The summed E-state index contributed by atoms with van der Waals surface area (Å²) >= 11 is 0. The van der Waals surface area contributed by atoms with E-state index in [1.807, 2.05) is 32.9 Å². The third-order valence-electron chi connectivity index (χ3n) is 5.90. The number of carbonyl (C=O) groups excluding carboxylic acids is 1. The fraction of sp³-hybridized carbons (Fsp3) is 0.458. The molecule has 0 spiro atoms. The molecule has 1 fully saturated rings. The number of hydrogen-bond acceptors (Lipinski definition) is 4. The molecule has 1 aliphatic rings. The third-order valence-corrected chi connectivity index (χ3v) is 5.90. The van der Waals surface area contributed by atoms with Crippen LogP contribution in [0.15, 0.2) is 30.3 Å². The number of rotatable bonds is 6. The smallest absolute Gasteiger partial charge is 0.241 e. The van der Waals surface area contributed by atoms with Crippen molar-refractivity contribution in [2.45, 2.75) is 52.6 Å². The fourth-order valence-electron chi connectivity index (χ4n) is 4.44. The first kappa shape index (κ1) is 21.2. The van der Waals surface area contributed by atoms with Gasteiger partial charge in [-0.25, -0.2) is 0 Å². The molecule has 156 valence electrons. The van der Waals surface area contributed by atoms with Crippen molar-refractivity contribution in [2.24, 2.45) is 0 Å². The van der Waals surface area contributed by atoms with Crippen molar-refractivity contribution in [3.63, 3.8) is 0 Å². The van der Waals surface area contributed by atoms with Crippen LogP contribution in [0.25, 0.3) is 0 Å². The summed E-state index contributed by atoms with van der Waals surface area (Å²) in [4.78, 5) is 15.4. The number of likely N-dealkylation sites (tertiary alicyclic amines) is 1. The maximum atomic E-state index is 13.1. The molecule has 0 aromatic heterocycles. The van der Waals surface area contributed by atoms with Crippen LogP contribution in [-0.4, -0.2) is 37.6 Å². The molecule has 2 aromatic rings. The first-order valence-corrected chi connectivity index (χ1v) is 10.2. The highest BCUT2D eigenvalue weighted by atomic mass is 16.5. The molecule has 29 heavy (non-hydrogen) atoms. The summed E-state index contributed by atoms with van der Waals surface area (Å²) in [5.74, 6) is 1.60. The van der Waals surface area contributed by atoms with E-state index >= 15 is 0 Å². The van der Waals surface area contributed by atoms with Crippen molar-refractivity contribution in [1.29, 1.82) is 0 Å². The minimum Gasteiger partial charge on any atom is -0.497 e. The number of ether oxygens (including phenoxy) is 2. The Bertz CT molecular complexity index is 871. The Hall–Kier alpha value is -2.53. The number of nitrogens with one attached hydrogen (secondary N) is 1. The molecule has 3 rings (SSSR count). The summed E-state index contributed by atoms with van der Waals surface area (Å²) in [6.07, 6.45) is 2.06. The second-order valence-electron chi connectivity index (χ2n) is 7.94. The Labute approximate surface area is 174 Å². The van der Waals surface area contributed by atoms with E-state index in [-0.39, 0.29) is 18.0 Å². The minimum absolute atomic E-state index is 0.0273. The largest absolute Gasteiger partial charge is 0.497 e. The van der Waals surface area contributed by atoms with Gasteiger partial charge in [-0.3, -0.25) is 9.69 Å². The lowest BCUT2D eigenvalue weighted by molar-refractivity contribution is -0.121. The molecule has 1 heterocycles. The van der Waals surface area contributed by atoms with Gasteiger partial charge in [0, 0.05) is 23.4 Å². The molecular weight excluding hydrogens is 364 g/mol. The highest BCUT2D eigenvalue weighted by Crippen LogP contribution is 2.40. The number of anilines is 1. The summed E-state index contributed by atoms with van der Waals surface area (Å²) in [6, 6.07) is 10.0. The van der Waals surface area contributed by atoms with Crippen LogP contribution < -0.4 is 14.8 Å². The average Bonchev–Trinajstić information content (AvgIpc) is 3.18. The summed E-state index contributed by atoms with van der Waals surface area (Å²) < 4.78 is 10.9. The quantitative estimate of drug-likeness (QED) is 0.762. The summed E-state index contributed by atoms with van der Waals surface area (Å²) in [7, 11) is 3.33. The van der Waals surface area contributed by atoms with Crippen LogP contribution in [-0.2, 0) is 4.79 Å². The van der Waals surface area contributed by atoms with Gasteiger partial charge in [-0.1, -0.05) is 23.8 Å². The monoisotopic (exact) mass is 396 g/mol. The van der Waals surface area contributed by atoms with Crippen molar-refractivity contribution < 1.29 is 14.3 Å². The van der Waals surface area contributed by atoms with Gasteiger partial charge in [-0.15, -0.1) is 0 Å². The lowest BCUT2D eigenvalue weighted by atomic mass is 10.0. The number of hydrogen-bond donors (Lipinski definition) is 1. The van der Waals surface area contributed by atoms with Crippen LogP contribution in [0.3, 0.4) is 0 Å². The lowest BCUT2D eigenvalue weighted by Gasteiger charge is -2.31. The number of carbonyl (C=O) groups is 1. The van der Waals surface area contributed by atoms with Gasteiger partial charge in [0.25, 0.3) is 0 Å². The molecule has 0 aliphatic carbocycles. The van der Waals surface area contributed by atoms with Gasteiger partial charge in [-0.2, -0.15) is 0 Å². The standard InChI is InChI=1S/C24H32N2O3/c1-15-12-16(2)23(17(3)13-15)25-24(27)18(4)26-11-7-8-21(26)20-10-9-19(28-5)14-22(20)29-6/h9-10,12-14,18,21H,7-8,11H2,1-6H3,(H,25,27)/t18-,21+/m0/s1. The van der Waals surface area contributed by atoms with Crippen LogP contribution in [0, 0.1) is 20.8 Å². The minimum atomic E-state index is -0.241. The number of benzene rings is 2. The van der Waals surface area contributed by atoms with Crippen LogP contribution in [0.1, 0.15) is 48.1 Å². The molecule has 0 bridgehead atoms. The van der Waals surface area contributed by atoms with Crippen LogP contribution in [0.4, 0.5) is 5.69 Å². The lowest BCUT2D eigenvalue weighted by Crippen LogP contribution is -2.41. The van der Waals surface area contributed by atoms with Crippen LogP contribution in [0.2, 0.25) is 0 Å². The average molecular weight is 397 g/mol. The van der Waals surface area contributed by atoms with Crippen LogP contribution in [0.5, 0.6) is 11.5 Å². The molecule has 1 amide bonds. The summed E-state index contributed by atoms with van der Waals surface area (Å²) in [5.41, 5.74) is 5.42. The SMILES string of the molecule is COc1ccc([C@H]2CCCN2[C@@H](C)C(=O)Nc2c(C)cc(C)cc2C)c(OC)c1. The van der Waals surface area contributed by atoms with Gasteiger partial charge < -0.3 is 14.8 Å². The van der Waals surface area contributed by atoms with Crippen molar-refractivity contribution in [2.75, 3.05) is 26.1 Å². The Morgan fingerprint density at radius 3 is 2.41 bits per heavy atom. The zero-order chi connectivity index (χ0) is 21.1. The molecule has 0 radical (unpaired) electrons. The normalized spacial score (nSPS) is 17.8. The van der Waals surface area contributed by atoms with Gasteiger partial charge in [0.05, 0.1) is 20.3 Å². The van der Waals surface area contributed by atoms with E-state index in [1.165, 1.54) is 5.56 Å². The van der Waals surface area contributed by atoms with E-state index in [4.69, 9.17) is 9.47 Å². The number of aryl methyl sites for hydroxylation is 3. The molecule has 1 saturated heterocycles. The van der Waals surface area contributed by atoms with Gasteiger partial charge >= 0.3 is 0 Å². The Kier molecular flexibility index (Phi) is 6.48. The van der Waals surface area contributed by atoms with Crippen LogP contribution >= 0.6 is 0 Å². The topological polar surface area (TPSA) is 50.8 Å². The number of methoxy groups -OCH3 is 2. The molecule has 0 saturated carbocycles. The highest BCUT2D eigenvalue weighted by Gasteiger charge is 2.34. The molecular formula is C24H32N2O3. The fourth-order valence-corrected chi connectivity index (χ4v) is 4.44. The Morgan fingerprint density at radius 1 is 1.10 bits per heavy atom. The van der Waals surface area contributed by atoms with Gasteiger partial charge in [-0.05, 0) is 64.3 Å². The van der Waals surface area contributed by atoms with E-state index in [0.717, 1.165) is 53.3 Å². The highest BCUT2D eigenvalue weighted by molar-refractivity contribution is 5.96. The second-order valence-corrected chi connectivity index (χ2v) is 7.94. The maximum absolute atomic E-state index is 13.1. The van der Waals surface area contributed by atoms with Gasteiger partial charge in [0.1, 0.15) is 11.5 Å². The Balaban J connectivity index is 1.82.